The highest BCUT2D eigenvalue weighted by atomic mass is 16.6. The Labute approximate surface area is 277 Å². The van der Waals surface area contributed by atoms with E-state index < -0.39 is 11.6 Å². The largest absolute Gasteiger partial charge is 0.458 e. The highest BCUT2D eigenvalue weighted by Crippen LogP contribution is 2.42. The van der Waals surface area contributed by atoms with Crippen LogP contribution < -0.4 is 10.3 Å². The number of hydrogen-bond acceptors (Lipinski definition) is 9. The van der Waals surface area contributed by atoms with Gasteiger partial charge in [0.1, 0.15) is 12.4 Å². The Morgan fingerprint density at radius 3 is 2.45 bits per heavy atom. The first kappa shape index (κ1) is 33.3. The summed E-state index contributed by atoms with van der Waals surface area (Å²) in [5.74, 6) is -0.233. The smallest absolute Gasteiger partial charge is 0.343 e. The van der Waals surface area contributed by atoms with Gasteiger partial charge in [-0.3, -0.25) is 14.5 Å². The fraction of sp³-hybridized carbons (Fsp3) is 0.568. The van der Waals surface area contributed by atoms with Crippen LogP contribution in [0.3, 0.4) is 0 Å². The lowest BCUT2D eigenvalue weighted by atomic mass is 9.85. The Bertz CT molecular complexity index is 1710. The maximum absolute atomic E-state index is 13.8. The molecule has 47 heavy (non-hydrogen) atoms. The van der Waals surface area contributed by atoms with Crippen molar-refractivity contribution in [3.05, 3.63) is 56.9 Å². The number of hydrogen-bond donors (Lipinski definition) is 0. The van der Waals surface area contributed by atoms with E-state index in [2.05, 4.69) is 16.7 Å². The molecule has 0 spiro atoms. The predicted octanol–water partition coefficient (Wildman–Crippen LogP) is 5.18. The van der Waals surface area contributed by atoms with Crippen molar-refractivity contribution >= 4 is 22.8 Å². The molecule has 3 aromatic rings. The normalized spacial score (nSPS) is 21.3. The Balaban J connectivity index is 0.00000190. The second kappa shape index (κ2) is 13.9. The van der Waals surface area contributed by atoms with Gasteiger partial charge in [-0.2, -0.15) is 0 Å². The number of benzene rings is 1. The molecule has 0 N–H and O–H groups in total. The highest BCUT2D eigenvalue weighted by molar-refractivity contribution is 5.90. The number of likely N-dealkylation sites (tertiary alicyclic amines) is 2. The summed E-state index contributed by atoms with van der Waals surface area (Å²) >= 11 is 0. The molecule has 0 unspecified atom stereocenters. The molecule has 6 heterocycles. The molecule has 2 saturated heterocycles. The summed E-state index contributed by atoms with van der Waals surface area (Å²) in [7, 11) is 1.47. The maximum Gasteiger partial charge on any atom is 0.343 e. The standard InChI is InChI=1S/C35H42N4O6.C2H6/c1-4-24-25-17-23(45-31(40)20-37-15-11-22(12-16-37)38-13-7-6-8-14-38)9-10-29(25)36-32-26(24)19-39-30(32)18-28-27(33(39)41)21-44-34(42)35(28,5-2)43-3;1-2/h9-10,17-18,22H,4-8,11-16,19-21H2,1-3H3;1-2H3/t35-;/m0./s1. The molecule has 0 amide bonds. The number of ether oxygens (including phenoxy) is 3. The number of fused-ring (bicyclic) bond motifs is 5. The third-order valence-electron chi connectivity index (χ3n) is 10.5. The van der Waals surface area contributed by atoms with Gasteiger partial charge in [-0.15, -0.1) is 0 Å². The maximum atomic E-state index is 13.8. The van der Waals surface area contributed by atoms with E-state index in [0.717, 1.165) is 53.7 Å². The minimum absolute atomic E-state index is 0.0735. The van der Waals surface area contributed by atoms with Gasteiger partial charge >= 0.3 is 11.9 Å². The number of pyridine rings is 2. The van der Waals surface area contributed by atoms with E-state index in [4.69, 9.17) is 19.2 Å². The van der Waals surface area contributed by atoms with Crippen molar-refractivity contribution in [1.82, 2.24) is 19.4 Å². The van der Waals surface area contributed by atoms with Gasteiger partial charge in [-0.1, -0.05) is 34.1 Å². The zero-order valence-electron chi connectivity index (χ0n) is 28.5. The average Bonchev–Trinajstić information content (AvgIpc) is 3.47. The minimum Gasteiger partial charge on any atom is -0.458 e. The molecular weight excluding hydrogens is 596 g/mol. The van der Waals surface area contributed by atoms with Crippen LogP contribution in [0.25, 0.3) is 22.3 Å². The van der Waals surface area contributed by atoms with Crippen molar-refractivity contribution < 1.29 is 23.8 Å². The van der Waals surface area contributed by atoms with E-state index >= 15 is 0 Å². The molecule has 4 aliphatic rings. The van der Waals surface area contributed by atoms with Crippen LogP contribution in [0.4, 0.5) is 0 Å². The molecule has 1 aromatic carbocycles. The minimum atomic E-state index is -1.32. The number of carbonyl (C=O) groups is 2. The lowest BCUT2D eigenvalue weighted by Crippen LogP contribution is -2.48. The summed E-state index contributed by atoms with van der Waals surface area (Å²) in [4.78, 5) is 49.5. The number of rotatable bonds is 7. The predicted molar refractivity (Wildman–Crippen MR) is 181 cm³/mol. The van der Waals surface area contributed by atoms with Crippen molar-refractivity contribution in [2.24, 2.45) is 0 Å². The molecule has 1 atom stereocenters. The van der Waals surface area contributed by atoms with Gasteiger partial charge in [0, 0.05) is 42.8 Å². The first-order valence-corrected chi connectivity index (χ1v) is 17.5. The van der Waals surface area contributed by atoms with Crippen molar-refractivity contribution in [2.45, 2.75) is 97.4 Å². The molecule has 252 valence electrons. The Kier molecular flexibility index (Phi) is 9.82. The lowest BCUT2D eigenvalue weighted by molar-refractivity contribution is -0.176. The number of methoxy groups -OCH3 is 1. The Hall–Kier alpha value is -3.60. The van der Waals surface area contributed by atoms with Crippen LogP contribution in [0, 0.1) is 0 Å². The van der Waals surface area contributed by atoms with Crippen LogP contribution in [-0.4, -0.2) is 77.2 Å². The van der Waals surface area contributed by atoms with E-state index in [1.807, 2.05) is 39.0 Å². The zero-order chi connectivity index (χ0) is 33.3. The molecule has 0 saturated carbocycles. The topological polar surface area (TPSA) is 103 Å². The summed E-state index contributed by atoms with van der Waals surface area (Å²) < 4.78 is 18.7. The first-order chi connectivity index (χ1) is 22.9. The Morgan fingerprint density at radius 2 is 1.77 bits per heavy atom. The molecule has 7 rings (SSSR count). The first-order valence-electron chi connectivity index (χ1n) is 17.5. The fourth-order valence-electron chi connectivity index (χ4n) is 8.01. The number of aryl methyl sites for hydroxylation is 1. The number of nitrogens with zero attached hydrogens (tertiary/aromatic N) is 4. The van der Waals surface area contributed by atoms with Gasteiger partial charge in [0.05, 0.1) is 35.6 Å². The van der Waals surface area contributed by atoms with E-state index in [9.17, 15) is 14.4 Å². The molecule has 0 bridgehead atoms. The van der Waals surface area contributed by atoms with Crippen molar-refractivity contribution in [3.8, 4) is 17.1 Å². The molecule has 0 radical (unpaired) electrons. The summed E-state index contributed by atoms with van der Waals surface area (Å²) in [5.41, 5.74) is 3.70. The molecule has 2 aromatic heterocycles. The molecule has 0 aliphatic carbocycles. The van der Waals surface area contributed by atoms with E-state index in [1.54, 1.807) is 10.6 Å². The second-order valence-electron chi connectivity index (χ2n) is 12.8. The van der Waals surface area contributed by atoms with E-state index in [1.165, 1.54) is 39.5 Å². The van der Waals surface area contributed by atoms with Crippen LogP contribution >= 0.6 is 0 Å². The van der Waals surface area contributed by atoms with Crippen molar-refractivity contribution in [2.75, 3.05) is 39.8 Å². The third kappa shape index (κ3) is 5.89. The van der Waals surface area contributed by atoms with Crippen LogP contribution in [-0.2, 0) is 44.2 Å². The number of cyclic esters (lactones) is 1. The monoisotopic (exact) mass is 644 g/mol. The molecule has 2 fully saturated rings. The van der Waals surface area contributed by atoms with Gasteiger partial charge in [0.2, 0.25) is 0 Å². The van der Waals surface area contributed by atoms with Gasteiger partial charge in [0.25, 0.3) is 5.56 Å². The van der Waals surface area contributed by atoms with E-state index in [-0.39, 0.29) is 24.7 Å². The van der Waals surface area contributed by atoms with Crippen LogP contribution in [0.5, 0.6) is 5.75 Å². The van der Waals surface area contributed by atoms with Crippen LogP contribution in [0.1, 0.15) is 88.5 Å². The van der Waals surface area contributed by atoms with Gasteiger partial charge in [-0.05, 0) is 81.4 Å². The average molecular weight is 645 g/mol. The lowest BCUT2D eigenvalue weighted by Gasteiger charge is -2.39. The molecule has 10 heteroatoms. The third-order valence-corrected chi connectivity index (χ3v) is 10.5. The van der Waals surface area contributed by atoms with Crippen molar-refractivity contribution in [3.63, 3.8) is 0 Å². The van der Waals surface area contributed by atoms with Crippen LogP contribution in [0.2, 0.25) is 0 Å². The van der Waals surface area contributed by atoms with Crippen molar-refractivity contribution in [1.29, 1.82) is 0 Å². The second-order valence-corrected chi connectivity index (χ2v) is 12.8. The van der Waals surface area contributed by atoms with Gasteiger partial charge < -0.3 is 23.7 Å². The Morgan fingerprint density at radius 1 is 1.02 bits per heavy atom. The summed E-state index contributed by atoms with van der Waals surface area (Å²) in [6, 6.07) is 8.10. The summed E-state index contributed by atoms with van der Waals surface area (Å²) in [6.45, 7) is 12.8. The molecular formula is C37H48N4O6. The summed E-state index contributed by atoms with van der Waals surface area (Å²) in [5, 5.41) is 0.910. The number of carbonyl (C=O) groups excluding carboxylic acids is 2. The number of aromatic nitrogens is 2. The number of esters is 2. The van der Waals surface area contributed by atoms with Crippen LogP contribution in [0.15, 0.2) is 29.1 Å². The summed E-state index contributed by atoms with van der Waals surface area (Å²) in [6.07, 6.45) is 7.20. The SMILES string of the molecule is CC.CCc1c2c(nc3ccc(OC(=O)CN4CCC(N5CCCCC5)CC4)cc13)-c1cc3c(c(=O)n1C2)COC(=O)[C@@]3(CC)OC. The quantitative estimate of drug-likeness (QED) is 0.199. The highest BCUT2D eigenvalue weighted by Gasteiger charge is 2.47. The van der Waals surface area contributed by atoms with E-state index in [0.29, 0.717) is 48.0 Å². The molecule has 10 nitrogen and oxygen atoms in total. The number of piperidine rings is 2. The van der Waals surface area contributed by atoms with Gasteiger partial charge in [-0.25, -0.2) is 9.78 Å². The zero-order valence-corrected chi connectivity index (χ0v) is 28.5. The fourth-order valence-corrected chi connectivity index (χ4v) is 8.01. The van der Waals surface area contributed by atoms with Gasteiger partial charge in [0.15, 0.2) is 5.60 Å². The molecule has 4 aliphatic heterocycles.